The van der Waals surface area contributed by atoms with Crippen LogP contribution in [0.1, 0.15) is 12.8 Å². The lowest BCUT2D eigenvalue weighted by atomic mass is 9.96. The van der Waals surface area contributed by atoms with Gasteiger partial charge in [0.2, 0.25) is 15.9 Å². The quantitative estimate of drug-likeness (QED) is 0.702. The van der Waals surface area contributed by atoms with Crippen molar-refractivity contribution in [3.63, 3.8) is 0 Å². The fourth-order valence-electron chi connectivity index (χ4n) is 2.95. The number of hydrogen-bond donors (Lipinski definition) is 0. The first-order valence-electron chi connectivity index (χ1n) is 8.17. The van der Waals surface area contributed by atoms with Gasteiger partial charge in [0.1, 0.15) is 6.54 Å². The molecule has 1 saturated heterocycles. The normalized spacial score (nSPS) is 17.0. The summed E-state index contributed by atoms with van der Waals surface area (Å²) >= 11 is 0. The van der Waals surface area contributed by atoms with Gasteiger partial charge < -0.3 is 4.90 Å². The second kappa shape index (κ2) is 8.22. The molecule has 1 aliphatic heterocycles. The molecule has 0 spiro atoms. The Bertz CT molecular complexity index is 727. The van der Waals surface area contributed by atoms with Crippen molar-refractivity contribution in [3.05, 3.63) is 43.0 Å². The first-order valence-corrected chi connectivity index (χ1v) is 9.61. The maximum Gasteiger partial charge on any atom is 0.406 e. The average molecular weight is 390 g/mol. The van der Waals surface area contributed by atoms with E-state index in [9.17, 15) is 26.4 Å². The van der Waals surface area contributed by atoms with Crippen LogP contribution in [0.3, 0.4) is 0 Å². The summed E-state index contributed by atoms with van der Waals surface area (Å²) in [4.78, 5) is 13.3. The molecule has 0 radical (unpaired) electrons. The molecule has 5 nitrogen and oxygen atoms in total. The fourth-order valence-corrected chi connectivity index (χ4v) is 4.44. The molecule has 26 heavy (non-hydrogen) atoms. The Morgan fingerprint density at radius 3 is 2.31 bits per heavy atom. The molecule has 0 saturated carbocycles. The van der Waals surface area contributed by atoms with Crippen LogP contribution in [0.4, 0.5) is 13.2 Å². The Morgan fingerprint density at radius 2 is 1.81 bits per heavy atom. The largest absolute Gasteiger partial charge is 0.406 e. The summed E-state index contributed by atoms with van der Waals surface area (Å²) in [5.41, 5.74) is 0. The molecule has 0 atom stereocenters. The van der Waals surface area contributed by atoms with Gasteiger partial charge in [-0.1, -0.05) is 24.3 Å². The number of carbonyl (C=O) groups is 1. The highest BCUT2D eigenvalue weighted by Crippen LogP contribution is 2.26. The molecule has 1 fully saturated rings. The van der Waals surface area contributed by atoms with Gasteiger partial charge in [0.15, 0.2) is 0 Å². The molecule has 144 valence electrons. The van der Waals surface area contributed by atoms with Gasteiger partial charge in [-0.05, 0) is 25.0 Å². The van der Waals surface area contributed by atoms with Crippen LogP contribution >= 0.6 is 0 Å². The van der Waals surface area contributed by atoms with E-state index < -0.39 is 34.6 Å². The Labute approximate surface area is 151 Å². The van der Waals surface area contributed by atoms with Gasteiger partial charge in [0.05, 0.1) is 4.90 Å². The maximum atomic E-state index is 12.6. The number of alkyl halides is 3. The Kier molecular flexibility index (Phi) is 6.46. The van der Waals surface area contributed by atoms with Crippen molar-refractivity contribution in [3.8, 4) is 0 Å². The van der Waals surface area contributed by atoms with Crippen LogP contribution in [0, 0.1) is 5.92 Å². The molecule has 9 heteroatoms. The molecule has 1 heterocycles. The van der Waals surface area contributed by atoms with Crippen molar-refractivity contribution in [1.29, 1.82) is 0 Å². The molecule has 0 aliphatic carbocycles. The average Bonchev–Trinajstić information content (AvgIpc) is 2.60. The van der Waals surface area contributed by atoms with Crippen LogP contribution in [-0.4, -0.2) is 55.9 Å². The van der Waals surface area contributed by atoms with E-state index in [2.05, 4.69) is 6.58 Å². The van der Waals surface area contributed by atoms with Gasteiger partial charge >= 0.3 is 6.18 Å². The van der Waals surface area contributed by atoms with Crippen LogP contribution in [-0.2, 0) is 14.8 Å². The number of sulfonamides is 1. The predicted molar refractivity (Wildman–Crippen MR) is 90.8 cm³/mol. The van der Waals surface area contributed by atoms with Gasteiger partial charge in [-0.15, -0.1) is 6.58 Å². The van der Waals surface area contributed by atoms with Gasteiger partial charge in [0, 0.05) is 25.6 Å². The number of carbonyl (C=O) groups excluding carboxylic acids is 1. The number of halogens is 3. The van der Waals surface area contributed by atoms with Crippen molar-refractivity contribution >= 4 is 15.9 Å². The van der Waals surface area contributed by atoms with Crippen LogP contribution in [0.5, 0.6) is 0 Å². The van der Waals surface area contributed by atoms with E-state index in [1.165, 1.54) is 22.5 Å². The van der Waals surface area contributed by atoms with Gasteiger partial charge in [0.25, 0.3) is 0 Å². The lowest BCUT2D eigenvalue weighted by molar-refractivity contribution is -0.163. The molecule has 0 aromatic heterocycles. The number of benzene rings is 1. The summed E-state index contributed by atoms with van der Waals surface area (Å²) in [7, 11) is -3.66. The zero-order valence-electron chi connectivity index (χ0n) is 14.2. The van der Waals surface area contributed by atoms with E-state index in [1.807, 2.05) is 0 Å². The standard InChI is InChI=1S/C17H21F3N2O3S/c1-2-10-21(13-17(18,19)20)16(23)14-8-11-22(12-9-14)26(24,25)15-6-4-3-5-7-15/h2-7,14H,1,8-13H2. The number of rotatable bonds is 6. The summed E-state index contributed by atoms with van der Waals surface area (Å²) < 4.78 is 64.3. The van der Waals surface area contributed by atoms with Gasteiger partial charge in [-0.25, -0.2) is 8.42 Å². The van der Waals surface area contributed by atoms with E-state index in [1.54, 1.807) is 18.2 Å². The second-order valence-electron chi connectivity index (χ2n) is 6.11. The molecule has 1 aromatic rings. The van der Waals surface area contributed by atoms with Crippen LogP contribution in [0.2, 0.25) is 0 Å². The summed E-state index contributed by atoms with van der Waals surface area (Å²) in [6.45, 7) is 2.06. The van der Waals surface area contributed by atoms with Crippen molar-refractivity contribution in [2.24, 2.45) is 5.92 Å². The lowest BCUT2D eigenvalue weighted by Gasteiger charge is -2.33. The summed E-state index contributed by atoms with van der Waals surface area (Å²) in [6.07, 6.45) is -2.86. The Morgan fingerprint density at radius 1 is 1.23 bits per heavy atom. The molecule has 2 rings (SSSR count). The van der Waals surface area contributed by atoms with E-state index in [0.717, 1.165) is 4.90 Å². The van der Waals surface area contributed by atoms with Crippen LogP contribution in [0.25, 0.3) is 0 Å². The number of piperidine rings is 1. The maximum absolute atomic E-state index is 12.6. The third-order valence-electron chi connectivity index (χ3n) is 4.22. The SMILES string of the molecule is C=CCN(CC(F)(F)F)C(=O)C1CCN(S(=O)(=O)c2ccccc2)CC1. The number of hydrogen-bond acceptors (Lipinski definition) is 3. The molecule has 1 aliphatic rings. The first kappa shape index (κ1) is 20.4. The van der Waals surface area contributed by atoms with Crippen LogP contribution < -0.4 is 0 Å². The number of nitrogens with zero attached hydrogens (tertiary/aromatic N) is 2. The second-order valence-corrected chi connectivity index (χ2v) is 8.05. The molecule has 1 aromatic carbocycles. The highest BCUT2D eigenvalue weighted by atomic mass is 32.2. The highest BCUT2D eigenvalue weighted by molar-refractivity contribution is 7.89. The summed E-state index contributed by atoms with van der Waals surface area (Å²) in [5, 5.41) is 0. The molecule has 0 N–H and O–H groups in total. The topological polar surface area (TPSA) is 57.7 Å². The van der Waals surface area contributed by atoms with Gasteiger partial charge in [-0.3, -0.25) is 4.79 Å². The van der Waals surface area contributed by atoms with E-state index in [0.29, 0.717) is 0 Å². The fraction of sp³-hybridized carbons (Fsp3) is 0.471. The zero-order valence-corrected chi connectivity index (χ0v) is 15.0. The molecule has 0 bridgehead atoms. The van der Waals surface area contributed by atoms with Crippen molar-refractivity contribution in [1.82, 2.24) is 9.21 Å². The Balaban J connectivity index is 2.02. The van der Waals surface area contributed by atoms with Crippen molar-refractivity contribution in [2.75, 3.05) is 26.2 Å². The van der Waals surface area contributed by atoms with E-state index in [-0.39, 0.29) is 37.4 Å². The molecule has 0 unspecified atom stereocenters. The summed E-state index contributed by atoms with van der Waals surface area (Å²) in [5.74, 6) is -1.24. The number of amides is 1. The molecular weight excluding hydrogens is 369 g/mol. The summed E-state index contributed by atoms with van der Waals surface area (Å²) in [6, 6.07) is 7.92. The monoisotopic (exact) mass is 390 g/mol. The third kappa shape index (κ3) is 5.07. The van der Waals surface area contributed by atoms with E-state index >= 15 is 0 Å². The third-order valence-corrected chi connectivity index (χ3v) is 6.13. The van der Waals surface area contributed by atoms with Crippen molar-refractivity contribution in [2.45, 2.75) is 23.9 Å². The molecule has 1 amide bonds. The minimum Gasteiger partial charge on any atom is -0.330 e. The van der Waals surface area contributed by atoms with Gasteiger partial charge in [-0.2, -0.15) is 17.5 Å². The smallest absolute Gasteiger partial charge is 0.330 e. The highest BCUT2D eigenvalue weighted by Gasteiger charge is 2.37. The minimum absolute atomic E-state index is 0.0988. The first-order chi connectivity index (χ1) is 12.1. The van der Waals surface area contributed by atoms with Crippen molar-refractivity contribution < 1.29 is 26.4 Å². The minimum atomic E-state index is -4.49. The zero-order chi connectivity index (χ0) is 19.4. The Hall–Kier alpha value is -1.87. The molecular formula is C17H21F3N2O3S. The lowest BCUT2D eigenvalue weighted by Crippen LogP contribution is -2.46. The van der Waals surface area contributed by atoms with E-state index in [4.69, 9.17) is 0 Å². The van der Waals surface area contributed by atoms with Crippen LogP contribution in [0.15, 0.2) is 47.9 Å². The predicted octanol–water partition coefficient (Wildman–Crippen LogP) is 2.66.